The highest BCUT2D eigenvalue weighted by molar-refractivity contribution is 5.88. The van der Waals surface area contributed by atoms with E-state index in [1.807, 2.05) is 110 Å². The number of hydrogen-bond acceptors (Lipinski definition) is 10. The molecule has 5 aromatic carbocycles. The van der Waals surface area contributed by atoms with Gasteiger partial charge in [0.1, 0.15) is 22.7 Å². The maximum atomic E-state index is 13.0. The zero-order valence-corrected chi connectivity index (χ0v) is 33.9. The highest BCUT2D eigenvalue weighted by Crippen LogP contribution is 2.42. The average Bonchev–Trinajstić information content (AvgIpc) is 3.95. The van der Waals surface area contributed by atoms with Crippen molar-refractivity contribution in [3.8, 4) is 22.5 Å². The van der Waals surface area contributed by atoms with Crippen molar-refractivity contribution in [2.24, 2.45) is 0 Å². The molecule has 0 spiro atoms. The Balaban J connectivity index is 1.18. The van der Waals surface area contributed by atoms with Gasteiger partial charge in [0.2, 0.25) is 5.82 Å². The van der Waals surface area contributed by atoms with Gasteiger partial charge in [-0.1, -0.05) is 153 Å². The van der Waals surface area contributed by atoms with Crippen molar-refractivity contribution < 1.29 is 23.8 Å². The number of aliphatic carboxylic acids is 1. The van der Waals surface area contributed by atoms with Crippen molar-refractivity contribution in [3.05, 3.63) is 195 Å². The van der Waals surface area contributed by atoms with Gasteiger partial charge in [-0.2, -0.15) is 0 Å². The molecule has 1 aliphatic rings. The van der Waals surface area contributed by atoms with Gasteiger partial charge in [0.25, 0.3) is 0 Å². The van der Waals surface area contributed by atoms with Crippen LogP contribution in [-0.4, -0.2) is 52.6 Å². The molecule has 0 saturated heterocycles. The number of hydrogen-bond donors (Lipinski definition) is 3. The molecule has 0 radical (unpaired) electrons. The number of benzene rings is 5. The van der Waals surface area contributed by atoms with Crippen molar-refractivity contribution >= 4 is 5.97 Å². The summed E-state index contributed by atoms with van der Waals surface area (Å²) < 4.78 is 10.6. The molecule has 8 rings (SSSR count). The second kappa shape index (κ2) is 16.0. The van der Waals surface area contributed by atoms with Gasteiger partial charge in [-0.15, -0.1) is 15.0 Å². The Morgan fingerprint density at radius 3 is 1.83 bits per heavy atom. The standard InChI is InChI=1S/C48H46N6O6/c1-5-29-47(30-40-32(2)59-45(57)60-40)49-42(46(3,4)58)41(44(55)56)53(47)31-33-25-27-34(28-26-33)38-23-15-16-24-39(38)43-50-52-54(51-43)48(35-17-9-6-10-18-35,36-19-11-7-12-20-36)37-21-13-8-14-22-37/h6-28,49,58H,5,29-31H2,1-4H3,(H,55,56). The lowest BCUT2D eigenvalue weighted by Gasteiger charge is -2.41. The van der Waals surface area contributed by atoms with E-state index in [4.69, 9.17) is 24.2 Å². The van der Waals surface area contributed by atoms with Crippen LogP contribution in [0.15, 0.2) is 165 Å². The van der Waals surface area contributed by atoms with Crippen LogP contribution in [0.5, 0.6) is 0 Å². The number of nitrogens with one attached hydrogen (secondary N) is 1. The number of carbonyl (C=O) groups is 1. The van der Waals surface area contributed by atoms with Gasteiger partial charge in [-0.25, -0.2) is 9.59 Å². The molecule has 0 bridgehead atoms. The molecule has 3 heterocycles. The Kier molecular flexibility index (Phi) is 10.6. The topological polar surface area (TPSA) is 160 Å². The SMILES string of the molecule is CCCC1(Cc2oc(=O)oc2C)NC(C(C)(C)O)=C(C(=O)O)N1Cc1ccc(-c2ccccc2-c2nnn(C(c3ccccc3)(c3ccccc3)c3ccccc3)n2)cc1. The van der Waals surface area contributed by atoms with Gasteiger partial charge in [-0.05, 0) is 65.8 Å². The number of aromatic nitrogens is 4. The summed E-state index contributed by atoms with van der Waals surface area (Å²) in [4.78, 5) is 28.6. The zero-order chi connectivity index (χ0) is 42.1. The van der Waals surface area contributed by atoms with Gasteiger partial charge in [0.05, 0.1) is 12.1 Å². The Morgan fingerprint density at radius 1 is 0.783 bits per heavy atom. The monoisotopic (exact) mass is 802 g/mol. The summed E-state index contributed by atoms with van der Waals surface area (Å²) in [6.07, 6.45) is 1.25. The predicted octanol–water partition coefficient (Wildman–Crippen LogP) is 7.91. The molecule has 1 aliphatic heterocycles. The molecule has 0 fully saturated rings. The lowest BCUT2D eigenvalue weighted by molar-refractivity contribution is -0.135. The normalized spacial score (nSPS) is 15.7. The van der Waals surface area contributed by atoms with E-state index in [0.717, 1.165) is 38.9 Å². The van der Waals surface area contributed by atoms with Crippen molar-refractivity contribution in [1.29, 1.82) is 0 Å². The van der Waals surface area contributed by atoms with E-state index in [9.17, 15) is 19.8 Å². The minimum atomic E-state index is -1.51. The molecule has 304 valence electrons. The van der Waals surface area contributed by atoms with Crippen LogP contribution in [0, 0.1) is 6.92 Å². The van der Waals surface area contributed by atoms with Gasteiger partial charge in [-0.3, -0.25) is 0 Å². The van der Waals surface area contributed by atoms with Crippen LogP contribution in [0.1, 0.15) is 67.4 Å². The van der Waals surface area contributed by atoms with Crippen LogP contribution in [0.25, 0.3) is 22.5 Å². The van der Waals surface area contributed by atoms with Crippen LogP contribution < -0.4 is 11.1 Å². The summed E-state index contributed by atoms with van der Waals surface area (Å²) in [7, 11) is 0. The van der Waals surface area contributed by atoms with Crippen molar-refractivity contribution in [3.63, 3.8) is 0 Å². The van der Waals surface area contributed by atoms with E-state index in [1.165, 1.54) is 0 Å². The first kappa shape index (κ1) is 39.8. The Bertz CT molecular complexity index is 2600. The largest absolute Gasteiger partial charge is 0.519 e. The number of carboxylic acid groups (broad SMARTS) is 1. The molecule has 12 nitrogen and oxygen atoms in total. The molecular formula is C48H46N6O6. The van der Waals surface area contributed by atoms with Gasteiger partial charge in [0.15, 0.2) is 11.3 Å². The molecule has 1 unspecified atom stereocenters. The number of tetrazole rings is 1. The maximum absolute atomic E-state index is 13.0. The Hall–Kier alpha value is -7.05. The number of rotatable bonds is 14. The van der Waals surface area contributed by atoms with Crippen molar-refractivity contribution in [1.82, 2.24) is 30.4 Å². The highest BCUT2D eigenvalue weighted by atomic mass is 16.6. The van der Waals surface area contributed by atoms with Crippen LogP contribution >= 0.6 is 0 Å². The lowest BCUT2D eigenvalue weighted by atomic mass is 9.77. The van der Waals surface area contributed by atoms with Gasteiger partial charge >= 0.3 is 11.8 Å². The average molecular weight is 803 g/mol. The summed E-state index contributed by atoms with van der Waals surface area (Å²) in [5.41, 5.74) is 2.94. The molecule has 1 atom stereocenters. The first-order valence-corrected chi connectivity index (χ1v) is 20.0. The minimum Gasteiger partial charge on any atom is -0.477 e. The summed E-state index contributed by atoms with van der Waals surface area (Å²) in [6.45, 7) is 6.90. The van der Waals surface area contributed by atoms with E-state index in [0.29, 0.717) is 30.2 Å². The highest BCUT2D eigenvalue weighted by Gasteiger charge is 2.51. The molecule has 0 aliphatic carbocycles. The fraction of sp³-hybridized carbons (Fsp3) is 0.229. The third-order valence-corrected chi connectivity index (χ3v) is 11.2. The summed E-state index contributed by atoms with van der Waals surface area (Å²) in [5.74, 6) is -0.951. The summed E-state index contributed by atoms with van der Waals surface area (Å²) in [5, 5.41) is 39.9. The second-order valence-electron chi connectivity index (χ2n) is 15.6. The van der Waals surface area contributed by atoms with Crippen LogP contribution in [-0.2, 0) is 23.3 Å². The smallest absolute Gasteiger partial charge is 0.477 e. The van der Waals surface area contributed by atoms with Gasteiger partial charge < -0.3 is 29.3 Å². The van der Waals surface area contributed by atoms with E-state index in [-0.39, 0.29) is 24.4 Å². The molecule has 0 amide bonds. The predicted molar refractivity (Wildman–Crippen MR) is 226 cm³/mol. The molecule has 3 N–H and O–H groups in total. The fourth-order valence-corrected chi connectivity index (χ4v) is 8.50. The molecular weight excluding hydrogens is 757 g/mol. The third-order valence-electron chi connectivity index (χ3n) is 11.2. The Morgan fingerprint density at radius 2 is 1.33 bits per heavy atom. The number of aryl methyl sites for hydroxylation is 1. The van der Waals surface area contributed by atoms with Crippen molar-refractivity contribution in [2.75, 3.05) is 0 Å². The lowest BCUT2D eigenvalue weighted by Crippen LogP contribution is -2.55. The van der Waals surface area contributed by atoms with E-state index in [2.05, 4.69) is 41.7 Å². The minimum absolute atomic E-state index is 0.0550. The first-order chi connectivity index (χ1) is 28.9. The second-order valence-corrected chi connectivity index (χ2v) is 15.6. The van der Waals surface area contributed by atoms with Crippen LogP contribution in [0.3, 0.4) is 0 Å². The molecule has 2 aromatic heterocycles. The quantitative estimate of drug-likeness (QED) is 0.0918. The number of nitrogens with zero attached hydrogens (tertiary/aromatic N) is 5. The summed E-state index contributed by atoms with van der Waals surface area (Å²) >= 11 is 0. The summed E-state index contributed by atoms with van der Waals surface area (Å²) in [6, 6.07) is 46.4. The first-order valence-electron chi connectivity index (χ1n) is 20.0. The van der Waals surface area contributed by atoms with Crippen LogP contribution in [0.2, 0.25) is 0 Å². The number of carboxylic acids is 1. The molecule has 7 aromatic rings. The maximum Gasteiger partial charge on any atom is 0.519 e. The van der Waals surface area contributed by atoms with E-state index < -0.39 is 28.6 Å². The number of aliphatic hydroxyl groups is 1. The molecule has 0 saturated carbocycles. The zero-order valence-electron chi connectivity index (χ0n) is 33.9. The van der Waals surface area contributed by atoms with E-state index >= 15 is 0 Å². The van der Waals surface area contributed by atoms with E-state index in [1.54, 1.807) is 30.5 Å². The molecule has 60 heavy (non-hydrogen) atoms. The fourth-order valence-electron chi connectivity index (χ4n) is 8.50. The van der Waals surface area contributed by atoms with Crippen molar-refractivity contribution in [2.45, 2.75) is 70.3 Å². The van der Waals surface area contributed by atoms with Crippen LogP contribution in [0.4, 0.5) is 0 Å². The Labute approximate surface area is 347 Å². The van der Waals surface area contributed by atoms with Gasteiger partial charge in [0, 0.05) is 12.1 Å². The third kappa shape index (κ3) is 7.19. The molecule has 12 heteroatoms.